The maximum Gasteiger partial charge on any atom is 0.389 e. The van der Waals surface area contributed by atoms with E-state index < -0.39 is 12.6 Å². The Hall–Kier alpha value is -0.800. The van der Waals surface area contributed by atoms with Crippen molar-refractivity contribution in [2.24, 2.45) is 0 Å². The first kappa shape index (κ1) is 15.2. The standard InChI is InChI=1S/C10H17F3N2O/c1-16-9-8-15(7-3-5-14)6-2-4-10(11,12)13/h2-4,6-9H2,1H3. The molecule has 0 aromatic rings. The van der Waals surface area contributed by atoms with Crippen molar-refractivity contribution >= 4 is 0 Å². The van der Waals surface area contributed by atoms with Crippen LogP contribution < -0.4 is 0 Å². The number of hydrogen-bond donors (Lipinski definition) is 0. The Morgan fingerprint density at radius 2 is 1.94 bits per heavy atom. The smallest absolute Gasteiger partial charge is 0.383 e. The lowest BCUT2D eigenvalue weighted by molar-refractivity contribution is -0.136. The zero-order valence-electron chi connectivity index (χ0n) is 9.39. The van der Waals surface area contributed by atoms with Crippen LogP contribution in [0.25, 0.3) is 0 Å². The zero-order valence-corrected chi connectivity index (χ0v) is 9.39. The quantitative estimate of drug-likeness (QED) is 0.650. The second-order valence-corrected chi connectivity index (χ2v) is 3.46. The highest BCUT2D eigenvalue weighted by molar-refractivity contribution is 4.72. The minimum Gasteiger partial charge on any atom is -0.383 e. The molecule has 0 unspecified atom stereocenters. The Kier molecular flexibility index (Phi) is 7.95. The van der Waals surface area contributed by atoms with Crippen molar-refractivity contribution < 1.29 is 17.9 Å². The average Bonchev–Trinajstić information content (AvgIpc) is 2.19. The molecule has 0 bridgehead atoms. The fourth-order valence-electron chi connectivity index (χ4n) is 1.27. The number of alkyl halides is 3. The van der Waals surface area contributed by atoms with E-state index in [2.05, 4.69) is 0 Å². The molecular weight excluding hydrogens is 221 g/mol. The molecule has 0 spiro atoms. The molecule has 0 aromatic heterocycles. The maximum atomic E-state index is 11.9. The van der Waals surface area contributed by atoms with E-state index in [-0.39, 0.29) is 6.42 Å². The molecule has 0 fully saturated rings. The topological polar surface area (TPSA) is 36.3 Å². The number of rotatable bonds is 8. The molecule has 0 aliphatic carbocycles. The molecule has 16 heavy (non-hydrogen) atoms. The number of halogens is 3. The van der Waals surface area contributed by atoms with Crippen LogP contribution in [0.15, 0.2) is 0 Å². The zero-order chi connectivity index (χ0) is 12.4. The average molecular weight is 238 g/mol. The van der Waals surface area contributed by atoms with Crippen molar-refractivity contribution in [3.63, 3.8) is 0 Å². The van der Waals surface area contributed by atoms with E-state index in [1.807, 2.05) is 11.0 Å². The molecule has 0 heterocycles. The molecule has 0 rings (SSSR count). The van der Waals surface area contributed by atoms with Crippen LogP contribution in [0.4, 0.5) is 13.2 Å². The number of methoxy groups -OCH3 is 1. The monoisotopic (exact) mass is 238 g/mol. The van der Waals surface area contributed by atoms with E-state index in [4.69, 9.17) is 10.00 Å². The lowest BCUT2D eigenvalue weighted by Crippen LogP contribution is -2.30. The summed E-state index contributed by atoms with van der Waals surface area (Å²) in [5.41, 5.74) is 0. The molecule has 6 heteroatoms. The van der Waals surface area contributed by atoms with E-state index in [9.17, 15) is 13.2 Å². The van der Waals surface area contributed by atoms with Gasteiger partial charge in [0.1, 0.15) is 0 Å². The van der Waals surface area contributed by atoms with Gasteiger partial charge in [-0.3, -0.25) is 0 Å². The van der Waals surface area contributed by atoms with Crippen LogP contribution in [0.1, 0.15) is 19.3 Å². The van der Waals surface area contributed by atoms with Gasteiger partial charge >= 0.3 is 6.18 Å². The van der Waals surface area contributed by atoms with Gasteiger partial charge in [0.2, 0.25) is 0 Å². The summed E-state index contributed by atoms with van der Waals surface area (Å²) in [6.45, 7) is 1.88. The van der Waals surface area contributed by atoms with Gasteiger partial charge in [-0.25, -0.2) is 0 Å². The summed E-state index contributed by atoms with van der Waals surface area (Å²) in [5.74, 6) is 0. The highest BCUT2D eigenvalue weighted by atomic mass is 19.4. The van der Waals surface area contributed by atoms with Gasteiger partial charge in [0.05, 0.1) is 12.7 Å². The molecule has 0 radical (unpaired) electrons. The van der Waals surface area contributed by atoms with Crippen LogP contribution in [0.5, 0.6) is 0 Å². The summed E-state index contributed by atoms with van der Waals surface area (Å²) < 4.78 is 40.6. The fourth-order valence-corrected chi connectivity index (χ4v) is 1.27. The molecule has 0 aliphatic rings. The van der Waals surface area contributed by atoms with Crippen molar-refractivity contribution in [3.8, 4) is 6.07 Å². The summed E-state index contributed by atoms with van der Waals surface area (Å²) in [6, 6.07) is 1.98. The largest absolute Gasteiger partial charge is 0.389 e. The lowest BCUT2D eigenvalue weighted by atomic mass is 10.2. The molecule has 0 N–H and O–H groups in total. The van der Waals surface area contributed by atoms with Gasteiger partial charge in [-0.2, -0.15) is 18.4 Å². The van der Waals surface area contributed by atoms with E-state index in [1.54, 1.807) is 0 Å². The molecule has 0 atom stereocenters. The second-order valence-electron chi connectivity index (χ2n) is 3.46. The first-order chi connectivity index (χ1) is 7.49. The maximum absolute atomic E-state index is 11.9. The molecular formula is C10H17F3N2O. The van der Waals surface area contributed by atoms with Crippen LogP contribution in [-0.2, 0) is 4.74 Å². The molecule has 94 valence electrons. The lowest BCUT2D eigenvalue weighted by Gasteiger charge is -2.20. The van der Waals surface area contributed by atoms with Crippen molar-refractivity contribution in [2.75, 3.05) is 33.4 Å². The number of ether oxygens (including phenoxy) is 1. The van der Waals surface area contributed by atoms with Crippen molar-refractivity contribution in [1.82, 2.24) is 4.90 Å². The Bertz CT molecular complexity index is 213. The van der Waals surface area contributed by atoms with Crippen LogP contribution >= 0.6 is 0 Å². The van der Waals surface area contributed by atoms with Crippen molar-refractivity contribution in [1.29, 1.82) is 5.26 Å². The summed E-state index contributed by atoms with van der Waals surface area (Å²) in [5, 5.41) is 8.41. The van der Waals surface area contributed by atoms with Crippen LogP contribution in [0.3, 0.4) is 0 Å². The van der Waals surface area contributed by atoms with Crippen LogP contribution in [0.2, 0.25) is 0 Å². The highest BCUT2D eigenvalue weighted by Gasteiger charge is 2.26. The third-order valence-corrected chi connectivity index (χ3v) is 2.09. The first-order valence-corrected chi connectivity index (χ1v) is 5.14. The van der Waals surface area contributed by atoms with Gasteiger partial charge in [0.25, 0.3) is 0 Å². The summed E-state index contributed by atoms with van der Waals surface area (Å²) in [7, 11) is 1.54. The highest BCUT2D eigenvalue weighted by Crippen LogP contribution is 2.21. The van der Waals surface area contributed by atoms with Gasteiger partial charge in [-0.15, -0.1) is 0 Å². The summed E-state index contributed by atoms with van der Waals surface area (Å²) in [4.78, 5) is 1.82. The molecule has 3 nitrogen and oxygen atoms in total. The van der Waals surface area contributed by atoms with Gasteiger partial charge < -0.3 is 9.64 Å². The SMILES string of the molecule is COCCN(CCC#N)CCCC(F)(F)F. The predicted molar refractivity (Wildman–Crippen MR) is 53.8 cm³/mol. The Balaban J connectivity index is 3.78. The molecule has 0 amide bonds. The third-order valence-electron chi connectivity index (χ3n) is 2.09. The predicted octanol–water partition coefficient (Wildman–Crippen LogP) is 2.19. The molecule has 0 aliphatic heterocycles. The van der Waals surface area contributed by atoms with E-state index in [0.717, 1.165) is 0 Å². The molecule has 0 saturated heterocycles. The third kappa shape index (κ3) is 9.74. The van der Waals surface area contributed by atoms with Gasteiger partial charge in [0, 0.05) is 33.0 Å². The Labute approximate surface area is 93.8 Å². The van der Waals surface area contributed by atoms with Crippen molar-refractivity contribution in [3.05, 3.63) is 0 Å². The van der Waals surface area contributed by atoms with E-state index in [0.29, 0.717) is 32.7 Å². The number of nitriles is 1. The minimum absolute atomic E-state index is 0.0681. The normalized spacial score (nSPS) is 11.8. The van der Waals surface area contributed by atoms with Gasteiger partial charge in [0.15, 0.2) is 0 Å². The number of hydrogen-bond acceptors (Lipinski definition) is 3. The van der Waals surface area contributed by atoms with Crippen LogP contribution in [0, 0.1) is 11.3 Å². The Morgan fingerprint density at radius 3 is 2.44 bits per heavy atom. The van der Waals surface area contributed by atoms with Gasteiger partial charge in [-0.05, 0) is 13.0 Å². The summed E-state index contributed by atoms with van der Waals surface area (Å²) in [6.07, 6.45) is -4.47. The summed E-state index contributed by atoms with van der Waals surface area (Å²) >= 11 is 0. The first-order valence-electron chi connectivity index (χ1n) is 5.14. The number of nitrogens with zero attached hydrogens (tertiary/aromatic N) is 2. The molecule has 0 aromatic carbocycles. The second kappa shape index (κ2) is 8.36. The van der Waals surface area contributed by atoms with E-state index in [1.165, 1.54) is 7.11 Å². The molecule has 0 saturated carbocycles. The fraction of sp³-hybridized carbons (Fsp3) is 0.900. The van der Waals surface area contributed by atoms with Crippen molar-refractivity contribution in [2.45, 2.75) is 25.4 Å². The minimum atomic E-state index is -4.10. The van der Waals surface area contributed by atoms with Crippen LogP contribution in [-0.4, -0.2) is 44.4 Å². The van der Waals surface area contributed by atoms with E-state index >= 15 is 0 Å². The van der Waals surface area contributed by atoms with Gasteiger partial charge in [-0.1, -0.05) is 0 Å². The Morgan fingerprint density at radius 1 is 1.25 bits per heavy atom.